The second-order valence-electron chi connectivity index (χ2n) is 2.83. The molecule has 0 spiro atoms. The first kappa shape index (κ1) is 7.06. The van der Waals surface area contributed by atoms with Gasteiger partial charge in [-0.15, -0.1) is 0 Å². The van der Waals surface area contributed by atoms with Crippen LogP contribution in [-0.4, -0.2) is 32.1 Å². The van der Waals surface area contributed by atoms with Crippen LogP contribution in [0.1, 0.15) is 6.42 Å². The molecule has 0 radical (unpaired) electrons. The van der Waals surface area contributed by atoms with Gasteiger partial charge < -0.3 is 14.2 Å². The van der Waals surface area contributed by atoms with Gasteiger partial charge in [0.15, 0.2) is 6.29 Å². The fraction of sp³-hybridized carbons (Fsp3) is 0.857. The van der Waals surface area contributed by atoms with Crippen LogP contribution in [0, 0.1) is 5.92 Å². The molecule has 2 aliphatic rings. The van der Waals surface area contributed by atoms with Crippen LogP contribution in [0.3, 0.4) is 0 Å². The molecule has 0 unspecified atom stereocenters. The molecule has 62 valence electrons. The lowest BCUT2D eigenvalue weighted by Crippen LogP contribution is -2.20. The van der Waals surface area contributed by atoms with Gasteiger partial charge in [0.1, 0.15) is 6.10 Å². The van der Waals surface area contributed by atoms with Crippen molar-refractivity contribution in [3.8, 4) is 0 Å². The standard InChI is InChI=1S/C7H10O4/c1-9-7-4-2-6(8)11-5(4)3-10-7/h4-5,7H,2-3H2,1H3/t4-,5-,7-/m1/s1. The van der Waals surface area contributed by atoms with E-state index < -0.39 is 0 Å². The van der Waals surface area contributed by atoms with Crippen LogP contribution >= 0.6 is 0 Å². The van der Waals surface area contributed by atoms with Crippen LogP contribution in [0.4, 0.5) is 0 Å². The van der Waals surface area contributed by atoms with E-state index >= 15 is 0 Å². The van der Waals surface area contributed by atoms with Gasteiger partial charge in [-0.3, -0.25) is 4.79 Å². The second kappa shape index (κ2) is 2.46. The number of rotatable bonds is 1. The van der Waals surface area contributed by atoms with Crippen molar-refractivity contribution in [2.75, 3.05) is 13.7 Å². The van der Waals surface area contributed by atoms with E-state index in [9.17, 15) is 4.79 Å². The zero-order valence-electron chi connectivity index (χ0n) is 6.28. The van der Waals surface area contributed by atoms with E-state index in [1.54, 1.807) is 7.11 Å². The fourth-order valence-corrected chi connectivity index (χ4v) is 1.61. The number of hydrogen-bond donors (Lipinski definition) is 0. The molecular formula is C7H10O4. The average molecular weight is 158 g/mol. The van der Waals surface area contributed by atoms with Gasteiger partial charge in [-0.25, -0.2) is 0 Å². The largest absolute Gasteiger partial charge is 0.459 e. The molecule has 2 fully saturated rings. The molecule has 0 aliphatic carbocycles. The highest BCUT2D eigenvalue weighted by Gasteiger charge is 2.46. The van der Waals surface area contributed by atoms with Crippen molar-refractivity contribution >= 4 is 5.97 Å². The summed E-state index contributed by atoms with van der Waals surface area (Å²) < 4.78 is 15.2. The van der Waals surface area contributed by atoms with Gasteiger partial charge >= 0.3 is 5.97 Å². The maximum atomic E-state index is 10.8. The summed E-state index contributed by atoms with van der Waals surface area (Å²) in [4.78, 5) is 10.8. The summed E-state index contributed by atoms with van der Waals surface area (Å²) in [5.74, 6) is -0.0159. The Morgan fingerprint density at radius 1 is 1.64 bits per heavy atom. The van der Waals surface area contributed by atoms with Gasteiger partial charge in [-0.1, -0.05) is 0 Å². The molecule has 0 aromatic rings. The van der Waals surface area contributed by atoms with Gasteiger partial charge in [0.25, 0.3) is 0 Å². The summed E-state index contributed by atoms with van der Waals surface area (Å²) in [7, 11) is 1.58. The summed E-state index contributed by atoms with van der Waals surface area (Å²) in [5.41, 5.74) is 0. The zero-order valence-corrected chi connectivity index (χ0v) is 6.28. The van der Waals surface area contributed by atoms with Crippen LogP contribution in [0.5, 0.6) is 0 Å². The third-order valence-corrected chi connectivity index (χ3v) is 2.17. The highest BCUT2D eigenvalue weighted by Crippen LogP contribution is 2.33. The highest BCUT2D eigenvalue weighted by molar-refractivity contribution is 5.72. The molecule has 0 bridgehead atoms. The van der Waals surface area contributed by atoms with E-state index in [-0.39, 0.29) is 24.3 Å². The van der Waals surface area contributed by atoms with Crippen molar-refractivity contribution in [2.24, 2.45) is 5.92 Å². The molecule has 2 rings (SSSR count). The van der Waals surface area contributed by atoms with Gasteiger partial charge in [-0.05, 0) is 0 Å². The summed E-state index contributed by atoms with van der Waals surface area (Å²) in [6.07, 6.45) is 0.127. The van der Waals surface area contributed by atoms with E-state index in [1.165, 1.54) is 0 Å². The normalized spacial score (nSPS) is 42.3. The van der Waals surface area contributed by atoms with E-state index in [0.29, 0.717) is 13.0 Å². The minimum Gasteiger partial charge on any atom is -0.459 e. The number of carbonyl (C=O) groups excluding carboxylic acids is 1. The van der Waals surface area contributed by atoms with Crippen molar-refractivity contribution in [2.45, 2.75) is 18.8 Å². The molecule has 4 nitrogen and oxygen atoms in total. The van der Waals surface area contributed by atoms with Gasteiger partial charge in [0.05, 0.1) is 18.9 Å². The lowest BCUT2D eigenvalue weighted by Gasteiger charge is -2.11. The van der Waals surface area contributed by atoms with Crippen LogP contribution in [0.2, 0.25) is 0 Å². The van der Waals surface area contributed by atoms with Crippen molar-refractivity contribution in [1.29, 1.82) is 0 Å². The zero-order chi connectivity index (χ0) is 7.84. The quantitative estimate of drug-likeness (QED) is 0.501. The number of fused-ring (bicyclic) bond motifs is 1. The van der Waals surface area contributed by atoms with E-state index in [1.807, 2.05) is 0 Å². The molecule has 0 N–H and O–H groups in total. The Labute approximate surface area is 64.4 Å². The van der Waals surface area contributed by atoms with E-state index in [2.05, 4.69) is 0 Å². The Hall–Kier alpha value is -0.610. The lowest BCUT2D eigenvalue weighted by atomic mass is 10.0. The molecule has 0 aromatic heterocycles. The Bertz CT molecular complexity index is 179. The van der Waals surface area contributed by atoms with Gasteiger partial charge in [0.2, 0.25) is 0 Å². The van der Waals surface area contributed by atoms with Gasteiger partial charge in [-0.2, -0.15) is 0 Å². The van der Waals surface area contributed by atoms with Crippen molar-refractivity contribution in [3.05, 3.63) is 0 Å². The lowest BCUT2D eigenvalue weighted by molar-refractivity contribution is -0.146. The Balaban J connectivity index is 2.07. The number of esters is 1. The number of methoxy groups -OCH3 is 1. The first-order valence-electron chi connectivity index (χ1n) is 3.65. The SMILES string of the molecule is CO[C@@H]1OC[C@H]2OC(=O)C[C@@H]12. The van der Waals surface area contributed by atoms with Crippen LogP contribution in [-0.2, 0) is 19.0 Å². The predicted molar refractivity (Wildman–Crippen MR) is 34.7 cm³/mol. The molecule has 0 aromatic carbocycles. The summed E-state index contributed by atoms with van der Waals surface area (Å²) in [6.45, 7) is 0.481. The van der Waals surface area contributed by atoms with Crippen LogP contribution in [0.15, 0.2) is 0 Å². The van der Waals surface area contributed by atoms with Crippen molar-refractivity contribution in [3.63, 3.8) is 0 Å². The topological polar surface area (TPSA) is 44.8 Å². The molecule has 2 aliphatic heterocycles. The highest BCUT2D eigenvalue weighted by atomic mass is 16.7. The number of carbonyl (C=O) groups is 1. The maximum absolute atomic E-state index is 10.8. The molecule has 2 saturated heterocycles. The second-order valence-corrected chi connectivity index (χ2v) is 2.83. The molecule has 4 heteroatoms. The van der Waals surface area contributed by atoms with Crippen molar-refractivity contribution < 1.29 is 19.0 Å². The molecule has 3 atom stereocenters. The van der Waals surface area contributed by atoms with Crippen LogP contribution in [0.25, 0.3) is 0 Å². The first-order valence-corrected chi connectivity index (χ1v) is 3.65. The fourth-order valence-electron chi connectivity index (χ4n) is 1.61. The Morgan fingerprint density at radius 3 is 3.18 bits per heavy atom. The van der Waals surface area contributed by atoms with Crippen LogP contribution < -0.4 is 0 Å². The Kier molecular flexibility index (Phi) is 1.58. The first-order chi connectivity index (χ1) is 5.31. The smallest absolute Gasteiger partial charge is 0.306 e. The van der Waals surface area contributed by atoms with Gasteiger partial charge in [0, 0.05) is 7.11 Å². The molecule has 0 amide bonds. The number of ether oxygens (including phenoxy) is 3. The molecular weight excluding hydrogens is 148 g/mol. The van der Waals surface area contributed by atoms with E-state index in [4.69, 9.17) is 14.2 Å². The summed E-state index contributed by atoms with van der Waals surface area (Å²) >= 11 is 0. The Morgan fingerprint density at radius 2 is 2.45 bits per heavy atom. The molecule has 0 saturated carbocycles. The average Bonchev–Trinajstić information content (AvgIpc) is 2.45. The summed E-state index contributed by atoms with van der Waals surface area (Å²) in [5, 5.41) is 0. The third-order valence-electron chi connectivity index (χ3n) is 2.17. The maximum Gasteiger partial charge on any atom is 0.306 e. The minimum absolute atomic E-state index is 0.0625. The molecule has 11 heavy (non-hydrogen) atoms. The monoisotopic (exact) mass is 158 g/mol. The third kappa shape index (κ3) is 1.02. The summed E-state index contributed by atoms with van der Waals surface area (Å²) in [6, 6.07) is 0. The van der Waals surface area contributed by atoms with E-state index in [0.717, 1.165) is 0 Å². The predicted octanol–water partition coefficient (Wildman–Crippen LogP) is -0.0792. The van der Waals surface area contributed by atoms with Crippen molar-refractivity contribution in [1.82, 2.24) is 0 Å². The minimum atomic E-state index is -0.244. The number of hydrogen-bond acceptors (Lipinski definition) is 4. The molecule has 2 heterocycles.